The summed E-state index contributed by atoms with van der Waals surface area (Å²) in [5.74, 6) is -2.17. The van der Waals surface area contributed by atoms with Gasteiger partial charge in [-0.25, -0.2) is 9.59 Å². The van der Waals surface area contributed by atoms with E-state index in [1.165, 1.54) is 6.92 Å². The number of ether oxygens (including phenoxy) is 1. The highest BCUT2D eigenvalue weighted by atomic mass is 16.5. The Balaban J connectivity index is 1.44. The summed E-state index contributed by atoms with van der Waals surface area (Å²) in [4.78, 5) is 61.4. The number of hydrogen-bond acceptors (Lipinski definition) is 6. The number of urea groups is 2. The van der Waals surface area contributed by atoms with Crippen LogP contribution in [0.1, 0.15) is 32.3 Å². The molecule has 10 nitrogen and oxygen atoms in total. The van der Waals surface area contributed by atoms with Gasteiger partial charge in [-0.05, 0) is 38.2 Å². The Labute approximate surface area is 173 Å². The molecule has 1 aliphatic heterocycles. The molecule has 0 spiro atoms. The van der Waals surface area contributed by atoms with E-state index in [1.807, 2.05) is 30.3 Å². The lowest BCUT2D eigenvalue weighted by molar-refractivity contribution is -0.156. The lowest BCUT2D eigenvalue weighted by Crippen LogP contribution is -2.47. The molecule has 1 saturated heterocycles. The summed E-state index contributed by atoms with van der Waals surface area (Å²) in [7, 11) is 0. The second-order valence-electron chi connectivity index (χ2n) is 7.59. The second-order valence-corrected chi connectivity index (χ2v) is 7.59. The number of hydrogen-bond donors (Lipinski definition) is 3. The van der Waals surface area contributed by atoms with Gasteiger partial charge in [0, 0.05) is 6.54 Å². The van der Waals surface area contributed by atoms with Crippen molar-refractivity contribution in [2.24, 2.45) is 5.92 Å². The van der Waals surface area contributed by atoms with Crippen molar-refractivity contribution in [3.05, 3.63) is 35.9 Å². The van der Waals surface area contributed by atoms with Crippen molar-refractivity contribution in [3.8, 4) is 0 Å². The average molecular weight is 416 g/mol. The van der Waals surface area contributed by atoms with Crippen molar-refractivity contribution >= 4 is 29.8 Å². The van der Waals surface area contributed by atoms with Gasteiger partial charge in [0.05, 0.1) is 0 Å². The molecule has 1 heterocycles. The first-order valence-corrected chi connectivity index (χ1v) is 9.67. The van der Waals surface area contributed by atoms with Crippen LogP contribution in [-0.4, -0.2) is 52.9 Å². The van der Waals surface area contributed by atoms with Crippen molar-refractivity contribution in [1.82, 2.24) is 20.9 Å². The van der Waals surface area contributed by atoms with E-state index in [0.29, 0.717) is 0 Å². The molecule has 6 amide bonds. The topological polar surface area (TPSA) is 134 Å². The minimum atomic E-state index is -1.28. The number of nitrogens with zero attached hydrogens (tertiary/aromatic N) is 1. The van der Waals surface area contributed by atoms with Gasteiger partial charge in [0.2, 0.25) is 0 Å². The van der Waals surface area contributed by atoms with Crippen LogP contribution in [-0.2, 0) is 25.7 Å². The minimum Gasteiger partial charge on any atom is -0.451 e. The van der Waals surface area contributed by atoms with Crippen LogP contribution in [0.4, 0.5) is 9.59 Å². The Bertz CT molecular complexity index is 869. The average Bonchev–Trinajstić information content (AvgIpc) is 3.53. The van der Waals surface area contributed by atoms with Gasteiger partial charge in [-0.2, -0.15) is 0 Å². The monoisotopic (exact) mass is 416 g/mol. The number of nitrogens with one attached hydrogen (secondary N) is 3. The van der Waals surface area contributed by atoms with Gasteiger partial charge in [0.25, 0.3) is 11.8 Å². The Morgan fingerprint density at radius 3 is 2.53 bits per heavy atom. The zero-order chi connectivity index (χ0) is 21.9. The van der Waals surface area contributed by atoms with E-state index < -0.39 is 48.0 Å². The van der Waals surface area contributed by atoms with Gasteiger partial charge >= 0.3 is 18.0 Å². The lowest BCUT2D eigenvalue weighted by atomic mass is 9.96. The molecule has 1 aromatic carbocycles. The van der Waals surface area contributed by atoms with E-state index in [9.17, 15) is 24.0 Å². The van der Waals surface area contributed by atoms with E-state index in [1.54, 1.807) is 6.92 Å². The predicted octanol–water partition coefficient (Wildman–Crippen LogP) is 0.665. The summed E-state index contributed by atoms with van der Waals surface area (Å²) in [6.07, 6.45) is 0.393. The molecule has 0 radical (unpaired) electrons. The normalized spacial score (nSPS) is 21.6. The molecule has 1 aliphatic carbocycles. The van der Waals surface area contributed by atoms with Crippen LogP contribution in [0.15, 0.2) is 30.3 Å². The van der Waals surface area contributed by atoms with Gasteiger partial charge in [0.15, 0.2) is 6.10 Å². The maximum absolute atomic E-state index is 12.5. The molecule has 1 saturated carbocycles. The fraction of sp³-hybridized carbons (Fsp3) is 0.450. The summed E-state index contributed by atoms with van der Waals surface area (Å²) in [6.45, 7) is 2.54. The predicted molar refractivity (Wildman–Crippen MR) is 104 cm³/mol. The number of benzene rings is 1. The van der Waals surface area contributed by atoms with E-state index in [2.05, 4.69) is 16.0 Å². The maximum atomic E-state index is 12.5. The molecule has 0 bridgehead atoms. The Kier molecular flexibility index (Phi) is 6.04. The summed E-state index contributed by atoms with van der Waals surface area (Å²) < 4.78 is 4.97. The van der Waals surface area contributed by atoms with E-state index >= 15 is 0 Å². The molecule has 0 unspecified atom stereocenters. The van der Waals surface area contributed by atoms with E-state index in [4.69, 9.17) is 4.74 Å². The molecule has 10 heteroatoms. The molecule has 2 aliphatic rings. The number of carbonyl (C=O) groups excluding carboxylic acids is 5. The summed E-state index contributed by atoms with van der Waals surface area (Å²) in [5.41, 5.74) is -0.150. The molecule has 0 aromatic heterocycles. The summed E-state index contributed by atoms with van der Waals surface area (Å²) in [5, 5.41) is 7.22. The molecule has 30 heavy (non-hydrogen) atoms. The van der Waals surface area contributed by atoms with Crippen LogP contribution in [0.25, 0.3) is 0 Å². The Hall–Kier alpha value is -3.43. The fourth-order valence-electron chi connectivity index (χ4n) is 3.25. The number of rotatable bonds is 7. The van der Waals surface area contributed by atoms with Gasteiger partial charge in [0.1, 0.15) is 12.1 Å². The smallest absolute Gasteiger partial charge is 0.327 e. The van der Waals surface area contributed by atoms with Crippen LogP contribution in [0, 0.1) is 5.92 Å². The van der Waals surface area contributed by atoms with Gasteiger partial charge in [-0.15, -0.1) is 0 Å². The molecule has 3 rings (SSSR count). The highest BCUT2D eigenvalue weighted by molar-refractivity contribution is 6.09. The molecule has 1 aromatic rings. The Morgan fingerprint density at radius 2 is 1.90 bits per heavy atom. The summed E-state index contributed by atoms with van der Waals surface area (Å²) in [6, 6.07) is 7.72. The molecule has 160 valence electrons. The van der Waals surface area contributed by atoms with Crippen molar-refractivity contribution < 1.29 is 28.7 Å². The summed E-state index contributed by atoms with van der Waals surface area (Å²) >= 11 is 0. The standard InChI is InChI=1S/C20H24N4O6/c1-12(16(26)22-18(28)21-10-13-6-4-3-5-7-13)30-15(25)11-24-17(27)20(2,14-8-9-14)23-19(24)29/h3-7,12,14H,8-11H2,1-2H3,(H,23,29)(H2,21,22,26,28)/t12-,20-/m0/s1. The molecule has 2 atom stereocenters. The highest BCUT2D eigenvalue weighted by Gasteiger charge is 2.56. The SMILES string of the molecule is C[C@H](OC(=O)CN1C(=O)N[C@@](C)(C2CC2)C1=O)C(=O)NC(=O)NCc1ccccc1. The number of carbonyl (C=O) groups is 5. The Morgan fingerprint density at radius 1 is 1.23 bits per heavy atom. The lowest BCUT2D eigenvalue weighted by Gasteiger charge is -2.21. The first-order valence-electron chi connectivity index (χ1n) is 9.67. The van der Waals surface area contributed by atoms with Crippen LogP contribution < -0.4 is 16.0 Å². The van der Waals surface area contributed by atoms with E-state index in [-0.39, 0.29) is 12.5 Å². The largest absolute Gasteiger partial charge is 0.451 e. The minimum absolute atomic E-state index is 0.0640. The van der Waals surface area contributed by atoms with E-state index in [0.717, 1.165) is 23.3 Å². The third kappa shape index (κ3) is 4.76. The second kappa shape index (κ2) is 8.52. The third-order valence-electron chi connectivity index (χ3n) is 5.19. The fourth-order valence-corrected chi connectivity index (χ4v) is 3.25. The third-order valence-corrected chi connectivity index (χ3v) is 5.19. The molecular weight excluding hydrogens is 392 g/mol. The van der Waals surface area contributed by atoms with Crippen molar-refractivity contribution in [3.63, 3.8) is 0 Å². The van der Waals surface area contributed by atoms with Crippen LogP contribution in [0.3, 0.4) is 0 Å². The van der Waals surface area contributed by atoms with Crippen molar-refractivity contribution in [2.45, 2.75) is 44.9 Å². The van der Waals surface area contributed by atoms with Gasteiger partial charge < -0.3 is 15.4 Å². The number of amides is 6. The molecular formula is C20H24N4O6. The highest BCUT2D eigenvalue weighted by Crippen LogP contribution is 2.42. The van der Waals surface area contributed by atoms with Crippen LogP contribution >= 0.6 is 0 Å². The first-order chi connectivity index (χ1) is 14.2. The maximum Gasteiger partial charge on any atom is 0.327 e. The van der Waals surface area contributed by atoms with Crippen molar-refractivity contribution in [2.75, 3.05) is 6.54 Å². The van der Waals surface area contributed by atoms with Gasteiger partial charge in [-0.1, -0.05) is 30.3 Å². The first kappa shape index (κ1) is 21.3. The van der Waals surface area contributed by atoms with Crippen molar-refractivity contribution in [1.29, 1.82) is 0 Å². The molecule has 2 fully saturated rings. The number of esters is 1. The number of imide groups is 2. The van der Waals surface area contributed by atoms with Gasteiger partial charge in [-0.3, -0.25) is 24.6 Å². The van der Waals surface area contributed by atoms with Crippen LogP contribution in [0.5, 0.6) is 0 Å². The zero-order valence-electron chi connectivity index (χ0n) is 16.8. The molecule has 3 N–H and O–H groups in total. The zero-order valence-corrected chi connectivity index (χ0v) is 16.8. The quantitative estimate of drug-likeness (QED) is 0.442. The van der Waals surface area contributed by atoms with Crippen LogP contribution in [0.2, 0.25) is 0 Å².